The summed E-state index contributed by atoms with van der Waals surface area (Å²) in [6, 6.07) is 15.4. The Labute approximate surface area is 183 Å². The Morgan fingerprint density at radius 1 is 1.16 bits per heavy atom. The summed E-state index contributed by atoms with van der Waals surface area (Å²) in [7, 11) is 1.80. The molecule has 2 N–H and O–H groups in total. The summed E-state index contributed by atoms with van der Waals surface area (Å²) in [6.07, 6.45) is 4.88. The van der Waals surface area contributed by atoms with Crippen molar-refractivity contribution in [2.45, 2.75) is 6.92 Å². The van der Waals surface area contributed by atoms with E-state index < -0.39 is 4.92 Å². The van der Waals surface area contributed by atoms with Gasteiger partial charge in [-0.1, -0.05) is 24.3 Å². The summed E-state index contributed by atoms with van der Waals surface area (Å²) in [5.74, 6) is 0. The van der Waals surface area contributed by atoms with Crippen molar-refractivity contribution in [3.63, 3.8) is 0 Å². The maximum absolute atomic E-state index is 12.8. The number of nitro benzene ring substituents is 1. The highest BCUT2D eigenvalue weighted by molar-refractivity contribution is 7.80. The number of nitro groups is 1. The lowest BCUT2D eigenvalue weighted by Gasteiger charge is -2.07. The van der Waals surface area contributed by atoms with E-state index in [9.17, 15) is 14.9 Å². The summed E-state index contributed by atoms with van der Waals surface area (Å²) >= 11 is 5.22. The highest BCUT2D eigenvalue weighted by Crippen LogP contribution is 2.14. The van der Waals surface area contributed by atoms with Crippen LogP contribution in [0.2, 0.25) is 0 Å². The molecule has 0 amide bonds. The van der Waals surface area contributed by atoms with Gasteiger partial charge in [0.25, 0.3) is 11.2 Å². The second kappa shape index (κ2) is 9.63. The molecule has 3 aromatic rings. The molecule has 10 heteroatoms. The Bertz CT molecular complexity index is 1210. The summed E-state index contributed by atoms with van der Waals surface area (Å²) in [4.78, 5) is 23.1. The second-order valence-corrected chi connectivity index (χ2v) is 6.90. The van der Waals surface area contributed by atoms with Crippen LogP contribution in [-0.2, 0) is 7.05 Å². The maximum Gasteiger partial charge on any atom is 0.295 e. The normalized spacial score (nSPS) is 11.2. The molecule has 0 bridgehead atoms. The molecule has 0 radical (unpaired) electrons. The first-order chi connectivity index (χ1) is 14.9. The molecule has 31 heavy (non-hydrogen) atoms. The Balaban J connectivity index is 1.62. The van der Waals surface area contributed by atoms with Crippen LogP contribution in [0.4, 0.5) is 11.4 Å². The number of anilines is 1. The first-order valence-electron chi connectivity index (χ1n) is 9.23. The lowest BCUT2D eigenvalue weighted by atomic mass is 10.2. The maximum atomic E-state index is 12.8. The molecule has 0 fully saturated rings. The monoisotopic (exact) mass is 436 g/mol. The summed E-state index contributed by atoms with van der Waals surface area (Å²) in [5.41, 5.74) is 5.09. The number of nitrogens with one attached hydrogen (secondary N) is 2. The van der Waals surface area contributed by atoms with E-state index in [1.165, 1.54) is 18.3 Å². The predicted octanol–water partition coefficient (Wildman–Crippen LogP) is 3.38. The molecule has 2 aromatic carbocycles. The van der Waals surface area contributed by atoms with Crippen molar-refractivity contribution in [3.05, 3.63) is 92.4 Å². The average molecular weight is 436 g/mol. The number of para-hydroxylation sites is 1. The van der Waals surface area contributed by atoms with Crippen molar-refractivity contribution in [3.8, 4) is 5.69 Å². The Morgan fingerprint density at radius 3 is 2.48 bits per heavy atom. The van der Waals surface area contributed by atoms with Gasteiger partial charge < -0.3 is 5.32 Å². The SMILES string of the molecule is Cc1c(NC(=S)NN=C/C=C\c2ccc([N+](=O)[O-])cc2)c(=O)n(-c2ccccc2)n1C. The van der Waals surface area contributed by atoms with Gasteiger partial charge in [0, 0.05) is 25.4 Å². The number of benzene rings is 2. The Morgan fingerprint density at radius 2 is 1.84 bits per heavy atom. The fraction of sp³-hybridized carbons (Fsp3) is 0.0952. The molecule has 0 aliphatic heterocycles. The minimum atomic E-state index is -0.449. The molecule has 1 heterocycles. The number of allylic oxidation sites excluding steroid dienone is 1. The van der Waals surface area contributed by atoms with Crippen LogP contribution in [-0.4, -0.2) is 25.6 Å². The van der Waals surface area contributed by atoms with Crippen LogP contribution < -0.4 is 16.3 Å². The number of hydrazone groups is 1. The van der Waals surface area contributed by atoms with Gasteiger partial charge in [-0.05, 0) is 55.0 Å². The smallest absolute Gasteiger partial charge is 0.295 e. The third-order valence-corrected chi connectivity index (χ3v) is 4.71. The van der Waals surface area contributed by atoms with Crippen molar-refractivity contribution in [1.29, 1.82) is 0 Å². The first kappa shape index (κ1) is 21.7. The average Bonchev–Trinajstić information content (AvgIpc) is 2.97. The van der Waals surface area contributed by atoms with Gasteiger partial charge in [0.1, 0.15) is 5.69 Å². The van der Waals surface area contributed by atoms with Crippen LogP contribution in [0.1, 0.15) is 11.3 Å². The lowest BCUT2D eigenvalue weighted by Crippen LogP contribution is -2.28. The largest absolute Gasteiger partial charge is 0.325 e. The number of hydrogen-bond acceptors (Lipinski definition) is 5. The van der Waals surface area contributed by atoms with E-state index in [1.54, 1.807) is 40.7 Å². The van der Waals surface area contributed by atoms with Gasteiger partial charge in [-0.15, -0.1) is 0 Å². The number of rotatable bonds is 6. The highest BCUT2D eigenvalue weighted by Gasteiger charge is 2.16. The number of hydrogen-bond donors (Lipinski definition) is 2. The van der Waals surface area contributed by atoms with Gasteiger partial charge in [-0.2, -0.15) is 5.10 Å². The Kier molecular flexibility index (Phi) is 6.73. The molecular formula is C21H20N6O3S. The molecule has 0 saturated carbocycles. The molecular weight excluding hydrogens is 416 g/mol. The third kappa shape index (κ3) is 5.11. The van der Waals surface area contributed by atoms with Gasteiger partial charge in [-0.3, -0.25) is 25.0 Å². The van der Waals surface area contributed by atoms with Crippen molar-refractivity contribution >= 4 is 41.0 Å². The zero-order chi connectivity index (χ0) is 22.4. The number of aromatic nitrogens is 2. The summed E-state index contributed by atoms with van der Waals surface area (Å²) < 4.78 is 3.30. The van der Waals surface area contributed by atoms with Gasteiger partial charge in [0.05, 0.1) is 16.3 Å². The number of thiocarbonyl (C=S) groups is 1. The highest BCUT2D eigenvalue weighted by atomic mass is 32.1. The molecule has 0 aliphatic rings. The Hall–Kier alpha value is -4.05. The zero-order valence-electron chi connectivity index (χ0n) is 16.9. The molecule has 158 valence electrons. The quantitative estimate of drug-likeness (QED) is 0.266. The number of non-ortho nitro benzene ring substituents is 1. The van der Waals surface area contributed by atoms with E-state index in [1.807, 2.05) is 37.3 Å². The topological polar surface area (TPSA) is 106 Å². The summed E-state index contributed by atoms with van der Waals surface area (Å²) in [6.45, 7) is 1.82. The third-order valence-electron chi connectivity index (χ3n) is 4.51. The van der Waals surface area contributed by atoms with Crippen LogP contribution in [0, 0.1) is 17.0 Å². The van der Waals surface area contributed by atoms with Gasteiger partial charge in [-0.25, -0.2) is 4.68 Å². The molecule has 3 rings (SSSR count). The minimum absolute atomic E-state index is 0.0337. The van der Waals surface area contributed by atoms with Crippen molar-refractivity contribution < 1.29 is 4.92 Å². The van der Waals surface area contributed by atoms with Crippen molar-refractivity contribution in [2.24, 2.45) is 12.1 Å². The molecule has 0 spiro atoms. The number of nitrogens with zero attached hydrogens (tertiary/aromatic N) is 4. The van der Waals surface area contributed by atoms with Crippen LogP contribution >= 0.6 is 12.2 Å². The van der Waals surface area contributed by atoms with Gasteiger partial charge in [0.2, 0.25) is 0 Å². The molecule has 1 aromatic heterocycles. The van der Waals surface area contributed by atoms with Gasteiger partial charge in [0.15, 0.2) is 5.11 Å². The van der Waals surface area contributed by atoms with Crippen LogP contribution in [0.25, 0.3) is 11.8 Å². The molecule has 0 saturated heterocycles. The fourth-order valence-corrected chi connectivity index (χ4v) is 3.01. The molecule has 0 aliphatic carbocycles. The van der Waals surface area contributed by atoms with E-state index in [2.05, 4.69) is 15.8 Å². The van der Waals surface area contributed by atoms with E-state index in [-0.39, 0.29) is 16.4 Å². The predicted molar refractivity (Wildman–Crippen MR) is 126 cm³/mol. The van der Waals surface area contributed by atoms with E-state index in [0.29, 0.717) is 5.69 Å². The van der Waals surface area contributed by atoms with Gasteiger partial charge >= 0.3 is 0 Å². The fourth-order valence-electron chi connectivity index (χ4n) is 2.85. The van der Waals surface area contributed by atoms with Crippen LogP contribution in [0.3, 0.4) is 0 Å². The van der Waals surface area contributed by atoms with Crippen LogP contribution in [0.15, 0.2) is 70.6 Å². The second-order valence-electron chi connectivity index (χ2n) is 6.49. The van der Waals surface area contributed by atoms with Crippen molar-refractivity contribution in [1.82, 2.24) is 14.8 Å². The van der Waals surface area contributed by atoms with E-state index in [0.717, 1.165) is 16.9 Å². The molecule has 9 nitrogen and oxygen atoms in total. The van der Waals surface area contributed by atoms with Crippen molar-refractivity contribution in [2.75, 3.05) is 5.32 Å². The lowest BCUT2D eigenvalue weighted by molar-refractivity contribution is -0.384. The van der Waals surface area contributed by atoms with E-state index in [4.69, 9.17) is 12.2 Å². The molecule has 0 unspecified atom stereocenters. The van der Waals surface area contributed by atoms with E-state index >= 15 is 0 Å². The standard InChI is InChI=1S/C21H20N6O3S/c1-15-19(20(28)26(25(15)2)17-8-4-3-5-9-17)23-21(31)24-22-14-6-7-16-10-12-18(13-11-16)27(29)30/h3-14H,1-2H3,(H2,23,24,31)/b7-6-,22-14?. The zero-order valence-corrected chi connectivity index (χ0v) is 17.7. The summed E-state index contributed by atoms with van der Waals surface area (Å²) in [5, 5.41) is 17.7. The van der Waals surface area contributed by atoms with Crippen LogP contribution in [0.5, 0.6) is 0 Å². The minimum Gasteiger partial charge on any atom is -0.325 e. The molecule has 0 atom stereocenters. The first-order valence-corrected chi connectivity index (χ1v) is 9.64.